The molecular weight excluding hydrogens is 434 g/mol. The number of anilines is 1. The average molecular weight is 456 g/mol. The minimum absolute atomic E-state index is 0.243. The smallest absolute Gasteiger partial charge is 0.250 e. The highest BCUT2D eigenvalue weighted by molar-refractivity contribution is 7.89. The van der Waals surface area contributed by atoms with Gasteiger partial charge in [-0.05, 0) is 23.8 Å². The number of rotatable bonds is 6. The van der Waals surface area contributed by atoms with E-state index in [2.05, 4.69) is 10.3 Å². The molecule has 2 aromatic carbocycles. The molecule has 1 aliphatic heterocycles. The molecular formula is C22H21N3O4S2. The van der Waals surface area contributed by atoms with E-state index in [1.54, 1.807) is 30.3 Å². The molecule has 0 bridgehead atoms. The Labute approximate surface area is 185 Å². The van der Waals surface area contributed by atoms with Gasteiger partial charge in [-0.1, -0.05) is 42.5 Å². The second-order valence-electron chi connectivity index (χ2n) is 6.81. The molecule has 1 aliphatic rings. The predicted octanol–water partition coefficient (Wildman–Crippen LogP) is 3.48. The molecule has 1 N–H and O–H groups in total. The molecule has 3 aromatic rings. The van der Waals surface area contributed by atoms with Gasteiger partial charge in [0.25, 0.3) is 0 Å². The van der Waals surface area contributed by atoms with Gasteiger partial charge in [0, 0.05) is 30.1 Å². The van der Waals surface area contributed by atoms with Crippen LogP contribution in [0.25, 0.3) is 17.3 Å². The molecule has 4 rings (SSSR count). The zero-order chi connectivity index (χ0) is 21.7. The molecule has 1 amide bonds. The van der Waals surface area contributed by atoms with Crippen molar-refractivity contribution in [2.24, 2.45) is 0 Å². The Morgan fingerprint density at radius 1 is 1.06 bits per heavy atom. The van der Waals surface area contributed by atoms with Crippen LogP contribution in [0.5, 0.6) is 0 Å². The number of aromatic nitrogens is 1. The Kier molecular flexibility index (Phi) is 6.57. The maximum absolute atomic E-state index is 12.7. The Morgan fingerprint density at radius 3 is 2.48 bits per heavy atom. The van der Waals surface area contributed by atoms with Gasteiger partial charge in [0.1, 0.15) is 0 Å². The number of nitrogens with one attached hydrogen (secondary N) is 1. The van der Waals surface area contributed by atoms with E-state index in [1.807, 2.05) is 35.7 Å². The number of hydrogen-bond acceptors (Lipinski definition) is 6. The number of sulfonamides is 1. The third kappa shape index (κ3) is 5.26. The quantitative estimate of drug-likeness (QED) is 0.575. The number of nitrogens with zero attached hydrogens (tertiary/aromatic N) is 2. The van der Waals surface area contributed by atoms with Gasteiger partial charge in [0.15, 0.2) is 5.13 Å². The average Bonchev–Trinajstić information content (AvgIpc) is 3.27. The number of carbonyl (C=O) groups excluding carboxylic acids is 1. The molecule has 9 heteroatoms. The molecule has 31 heavy (non-hydrogen) atoms. The first-order valence-corrected chi connectivity index (χ1v) is 12.0. The number of amides is 1. The highest BCUT2D eigenvalue weighted by Crippen LogP contribution is 2.27. The molecule has 7 nitrogen and oxygen atoms in total. The van der Waals surface area contributed by atoms with Crippen LogP contribution in [0.2, 0.25) is 0 Å². The van der Waals surface area contributed by atoms with E-state index in [4.69, 9.17) is 4.74 Å². The summed E-state index contributed by atoms with van der Waals surface area (Å²) < 4.78 is 32.1. The highest BCUT2D eigenvalue weighted by atomic mass is 32.2. The van der Waals surface area contributed by atoms with Gasteiger partial charge < -0.3 is 4.74 Å². The van der Waals surface area contributed by atoms with Crippen LogP contribution in [-0.2, 0) is 19.6 Å². The number of benzene rings is 2. The lowest BCUT2D eigenvalue weighted by Crippen LogP contribution is -2.40. The van der Waals surface area contributed by atoms with Crippen LogP contribution < -0.4 is 5.32 Å². The van der Waals surface area contributed by atoms with Gasteiger partial charge in [0.05, 0.1) is 23.8 Å². The van der Waals surface area contributed by atoms with Gasteiger partial charge >= 0.3 is 0 Å². The van der Waals surface area contributed by atoms with Crippen molar-refractivity contribution in [3.05, 3.63) is 71.6 Å². The van der Waals surface area contributed by atoms with Crippen molar-refractivity contribution in [1.29, 1.82) is 0 Å². The van der Waals surface area contributed by atoms with Crippen molar-refractivity contribution >= 4 is 38.5 Å². The summed E-state index contributed by atoms with van der Waals surface area (Å²) in [7, 11) is -3.53. The second-order valence-corrected chi connectivity index (χ2v) is 9.61. The maximum Gasteiger partial charge on any atom is 0.250 e. The molecule has 1 fully saturated rings. The molecule has 1 saturated heterocycles. The van der Waals surface area contributed by atoms with E-state index < -0.39 is 10.0 Å². The fourth-order valence-electron chi connectivity index (χ4n) is 3.08. The molecule has 0 aliphatic carbocycles. The van der Waals surface area contributed by atoms with Gasteiger partial charge in [-0.25, -0.2) is 13.4 Å². The highest BCUT2D eigenvalue weighted by Gasteiger charge is 2.26. The number of carbonyl (C=O) groups is 1. The fraction of sp³-hybridized carbons (Fsp3) is 0.182. The van der Waals surface area contributed by atoms with Crippen LogP contribution in [0.3, 0.4) is 0 Å². The van der Waals surface area contributed by atoms with Gasteiger partial charge in [-0.3, -0.25) is 10.1 Å². The lowest BCUT2D eigenvalue weighted by atomic mass is 10.2. The van der Waals surface area contributed by atoms with Crippen LogP contribution >= 0.6 is 11.3 Å². The zero-order valence-electron chi connectivity index (χ0n) is 16.6. The normalized spacial score (nSPS) is 15.2. The first kappa shape index (κ1) is 21.4. The van der Waals surface area contributed by atoms with Crippen molar-refractivity contribution < 1.29 is 17.9 Å². The minimum Gasteiger partial charge on any atom is -0.379 e. The van der Waals surface area contributed by atoms with Crippen molar-refractivity contribution in [1.82, 2.24) is 9.29 Å². The van der Waals surface area contributed by atoms with Gasteiger partial charge in [0.2, 0.25) is 15.9 Å². The monoisotopic (exact) mass is 455 g/mol. The second kappa shape index (κ2) is 9.52. The zero-order valence-corrected chi connectivity index (χ0v) is 18.2. The first-order valence-electron chi connectivity index (χ1n) is 9.70. The summed E-state index contributed by atoms with van der Waals surface area (Å²) in [6.07, 6.45) is 3.19. The largest absolute Gasteiger partial charge is 0.379 e. The lowest BCUT2D eigenvalue weighted by Gasteiger charge is -2.26. The number of ether oxygens (including phenoxy) is 1. The van der Waals surface area contributed by atoms with E-state index in [0.717, 1.165) is 11.1 Å². The van der Waals surface area contributed by atoms with E-state index in [-0.39, 0.29) is 10.8 Å². The van der Waals surface area contributed by atoms with E-state index >= 15 is 0 Å². The summed E-state index contributed by atoms with van der Waals surface area (Å²) in [5, 5.41) is 5.04. The van der Waals surface area contributed by atoms with Gasteiger partial charge in [-0.2, -0.15) is 4.31 Å². The van der Waals surface area contributed by atoms with E-state index in [0.29, 0.717) is 37.1 Å². The Bertz CT molecular complexity index is 1170. The standard InChI is InChI=1S/C22H21N3O4S2/c26-21(11-6-17-4-2-1-3-5-17)24-22-23-20(16-30-22)18-7-9-19(10-8-18)31(27,28)25-12-14-29-15-13-25/h1-11,16H,12-15H2,(H,23,24,26). The number of thiazole rings is 1. The Hall–Kier alpha value is -2.85. The summed E-state index contributed by atoms with van der Waals surface area (Å²) >= 11 is 1.31. The molecule has 2 heterocycles. The van der Waals surface area contributed by atoms with Crippen LogP contribution in [0.1, 0.15) is 5.56 Å². The third-order valence-electron chi connectivity index (χ3n) is 4.72. The topological polar surface area (TPSA) is 88.6 Å². The van der Waals surface area contributed by atoms with Crippen molar-refractivity contribution in [2.45, 2.75) is 4.90 Å². The number of morpholine rings is 1. The molecule has 1 aromatic heterocycles. The predicted molar refractivity (Wildman–Crippen MR) is 121 cm³/mol. The molecule has 0 spiro atoms. The maximum atomic E-state index is 12.7. The molecule has 0 unspecified atom stereocenters. The van der Waals surface area contributed by atoms with Crippen molar-refractivity contribution in [3.8, 4) is 11.3 Å². The molecule has 0 radical (unpaired) electrons. The van der Waals surface area contributed by atoms with Crippen LogP contribution in [-0.4, -0.2) is 49.9 Å². The van der Waals surface area contributed by atoms with E-state index in [9.17, 15) is 13.2 Å². The van der Waals surface area contributed by atoms with Crippen LogP contribution in [0.4, 0.5) is 5.13 Å². The Morgan fingerprint density at radius 2 is 1.77 bits per heavy atom. The van der Waals surface area contributed by atoms with Crippen molar-refractivity contribution in [3.63, 3.8) is 0 Å². The van der Waals surface area contributed by atoms with Crippen LogP contribution in [0.15, 0.2) is 70.9 Å². The summed E-state index contributed by atoms with van der Waals surface area (Å²) in [5.74, 6) is -0.267. The number of hydrogen-bond donors (Lipinski definition) is 1. The van der Waals surface area contributed by atoms with Gasteiger partial charge in [-0.15, -0.1) is 11.3 Å². The van der Waals surface area contributed by atoms with E-state index in [1.165, 1.54) is 21.7 Å². The summed E-state index contributed by atoms with van der Waals surface area (Å²) in [6.45, 7) is 1.53. The minimum atomic E-state index is -3.53. The summed E-state index contributed by atoms with van der Waals surface area (Å²) in [6, 6.07) is 16.2. The fourth-order valence-corrected chi connectivity index (χ4v) is 5.21. The third-order valence-corrected chi connectivity index (χ3v) is 7.39. The first-order chi connectivity index (χ1) is 15.0. The lowest BCUT2D eigenvalue weighted by molar-refractivity contribution is -0.111. The van der Waals surface area contributed by atoms with Crippen LogP contribution in [0, 0.1) is 0 Å². The SMILES string of the molecule is O=C(C=Cc1ccccc1)Nc1nc(-c2ccc(S(=O)(=O)N3CCOCC3)cc2)cs1. The molecule has 0 atom stereocenters. The molecule has 0 saturated carbocycles. The van der Waals surface area contributed by atoms with Crippen molar-refractivity contribution in [2.75, 3.05) is 31.6 Å². The Balaban J connectivity index is 1.42. The summed E-state index contributed by atoms with van der Waals surface area (Å²) in [4.78, 5) is 16.8. The summed E-state index contributed by atoms with van der Waals surface area (Å²) in [5.41, 5.74) is 2.38. The molecule has 160 valence electrons.